The van der Waals surface area contributed by atoms with Crippen LogP contribution in [0.25, 0.3) is 0 Å². The average Bonchev–Trinajstić information content (AvgIpc) is 3.09. The van der Waals surface area contributed by atoms with Gasteiger partial charge >= 0.3 is 0 Å². The molecule has 1 saturated carbocycles. The number of hydrogen-bond acceptors (Lipinski definition) is 4. The number of carbonyl (C=O) groups is 1. The topological polar surface area (TPSA) is 58.8 Å². The van der Waals surface area contributed by atoms with Gasteiger partial charge in [0, 0.05) is 35.3 Å². The highest BCUT2D eigenvalue weighted by molar-refractivity contribution is 5.99. The van der Waals surface area contributed by atoms with Gasteiger partial charge in [-0.2, -0.15) is 0 Å². The number of nitrogens with zero attached hydrogens (tertiary/aromatic N) is 2. The lowest BCUT2D eigenvalue weighted by Gasteiger charge is -2.58. The predicted molar refractivity (Wildman–Crippen MR) is 97.8 cm³/mol. The summed E-state index contributed by atoms with van der Waals surface area (Å²) < 4.78 is 6.25. The zero-order valence-electron chi connectivity index (χ0n) is 14.7. The van der Waals surface area contributed by atoms with Crippen LogP contribution in [-0.2, 0) is 14.9 Å². The Balaban J connectivity index is 1.55. The third-order valence-electron chi connectivity index (χ3n) is 8.33. The highest BCUT2D eigenvalue weighted by atomic mass is 16.5. The number of anilines is 2. The zero-order valence-corrected chi connectivity index (χ0v) is 14.7. The molecule has 134 valence electrons. The molecule has 0 radical (unpaired) electrons. The van der Waals surface area contributed by atoms with E-state index in [0.717, 1.165) is 30.9 Å². The van der Waals surface area contributed by atoms with Gasteiger partial charge in [-0.25, -0.2) is 0 Å². The molecule has 4 fully saturated rings. The van der Waals surface area contributed by atoms with Crippen molar-refractivity contribution in [2.75, 3.05) is 30.3 Å². The molecule has 2 bridgehead atoms. The minimum Gasteiger partial charge on any atom is -0.399 e. The van der Waals surface area contributed by atoms with Gasteiger partial charge in [-0.1, -0.05) is 11.6 Å². The number of hydrogen-bond donors (Lipinski definition) is 1. The second-order valence-corrected chi connectivity index (χ2v) is 9.04. The Labute approximate surface area is 152 Å². The number of fused-ring (bicyclic) bond motifs is 2. The molecule has 5 nitrogen and oxygen atoms in total. The molecule has 6 atom stereocenters. The van der Waals surface area contributed by atoms with Crippen molar-refractivity contribution < 1.29 is 9.53 Å². The molecule has 7 rings (SSSR count). The lowest BCUT2D eigenvalue weighted by molar-refractivity contribution is -0.132. The van der Waals surface area contributed by atoms with Crippen molar-refractivity contribution in [1.29, 1.82) is 0 Å². The number of carbonyl (C=O) groups excluding carboxylic acids is 1. The summed E-state index contributed by atoms with van der Waals surface area (Å²) in [6.07, 6.45) is 5.25. The summed E-state index contributed by atoms with van der Waals surface area (Å²) in [5.74, 6) is 1.23. The molecule has 5 heteroatoms. The van der Waals surface area contributed by atoms with Gasteiger partial charge in [-0.15, -0.1) is 0 Å². The molecule has 1 amide bonds. The molecule has 1 aromatic carbocycles. The van der Waals surface area contributed by atoms with E-state index in [1.54, 1.807) is 5.57 Å². The maximum absolute atomic E-state index is 13.2. The molecule has 5 heterocycles. The quantitative estimate of drug-likeness (QED) is 0.572. The third-order valence-corrected chi connectivity index (χ3v) is 8.33. The second-order valence-electron chi connectivity index (χ2n) is 9.04. The van der Waals surface area contributed by atoms with E-state index in [1.165, 1.54) is 12.0 Å². The van der Waals surface area contributed by atoms with Crippen molar-refractivity contribution >= 4 is 17.3 Å². The molecule has 6 aliphatic rings. The summed E-state index contributed by atoms with van der Waals surface area (Å²) in [6, 6.07) is 6.99. The summed E-state index contributed by atoms with van der Waals surface area (Å²) in [5.41, 5.74) is 11.1. The Morgan fingerprint density at radius 3 is 3.15 bits per heavy atom. The fourth-order valence-corrected chi connectivity index (χ4v) is 7.57. The van der Waals surface area contributed by atoms with E-state index < -0.39 is 0 Å². The fourth-order valence-electron chi connectivity index (χ4n) is 7.57. The summed E-state index contributed by atoms with van der Waals surface area (Å²) in [4.78, 5) is 18.1. The lowest BCUT2D eigenvalue weighted by atomic mass is 9.53. The molecule has 1 aliphatic carbocycles. The molecule has 26 heavy (non-hydrogen) atoms. The highest BCUT2D eigenvalue weighted by Crippen LogP contribution is 2.65. The van der Waals surface area contributed by atoms with Crippen molar-refractivity contribution in [1.82, 2.24) is 4.90 Å². The maximum Gasteiger partial charge on any atom is 0.229 e. The van der Waals surface area contributed by atoms with Crippen LogP contribution in [0.4, 0.5) is 11.4 Å². The van der Waals surface area contributed by atoms with Crippen LogP contribution in [0, 0.1) is 11.8 Å². The first-order chi connectivity index (χ1) is 12.7. The van der Waals surface area contributed by atoms with Crippen molar-refractivity contribution in [2.24, 2.45) is 11.8 Å². The zero-order chi connectivity index (χ0) is 17.2. The van der Waals surface area contributed by atoms with Crippen LogP contribution >= 0.6 is 0 Å². The molecule has 3 saturated heterocycles. The Morgan fingerprint density at radius 1 is 1.31 bits per heavy atom. The molecule has 5 aliphatic heterocycles. The van der Waals surface area contributed by atoms with E-state index in [-0.39, 0.29) is 23.5 Å². The molecule has 2 N–H and O–H groups in total. The van der Waals surface area contributed by atoms with Gasteiger partial charge in [-0.3, -0.25) is 9.69 Å². The van der Waals surface area contributed by atoms with E-state index in [2.05, 4.69) is 28.0 Å². The van der Waals surface area contributed by atoms with Crippen LogP contribution in [0.1, 0.15) is 24.8 Å². The molecular weight excluding hydrogens is 326 g/mol. The Kier molecular flexibility index (Phi) is 2.38. The van der Waals surface area contributed by atoms with E-state index >= 15 is 0 Å². The van der Waals surface area contributed by atoms with Gasteiger partial charge in [0.05, 0.1) is 25.2 Å². The first-order valence-electron chi connectivity index (χ1n) is 9.95. The SMILES string of the molecule is Nc1ccc2c(c1)[C@@]13CCN4CC5=CCO[C@@H]6CC(=O)N2[C@@H]1[C@@H]6[C@@H]5C[C@@H]43. The van der Waals surface area contributed by atoms with Crippen LogP contribution in [-0.4, -0.2) is 48.7 Å². The van der Waals surface area contributed by atoms with Crippen LogP contribution in [0.2, 0.25) is 0 Å². The van der Waals surface area contributed by atoms with Gasteiger partial charge in [0.15, 0.2) is 0 Å². The minimum atomic E-state index is 0.0411. The van der Waals surface area contributed by atoms with Gasteiger partial charge in [0.1, 0.15) is 0 Å². The van der Waals surface area contributed by atoms with Gasteiger partial charge < -0.3 is 15.4 Å². The van der Waals surface area contributed by atoms with Crippen molar-refractivity contribution in [3.8, 4) is 0 Å². The van der Waals surface area contributed by atoms with E-state index in [4.69, 9.17) is 10.5 Å². The third kappa shape index (κ3) is 1.37. The number of piperidine rings is 2. The van der Waals surface area contributed by atoms with Crippen LogP contribution in [0.5, 0.6) is 0 Å². The van der Waals surface area contributed by atoms with Gasteiger partial charge in [0.25, 0.3) is 0 Å². The Hall–Kier alpha value is -1.85. The van der Waals surface area contributed by atoms with Crippen molar-refractivity contribution in [3.05, 3.63) is 35.4 Å². The maximum atomic E-state index is 13.2. The van der Waals surface area contributed by atoms with Crippen molar-refractivity contribution in [2.45, 2.75) is 42.9 Å². The highest BCUT2D eigenvalue weighted by Gasteiger charge is 2.70. The molecule has 0 unspecified atom stereocenters. The predicted octanol–water partition coefficient (Wildman–Crippen LogP) is 1.67. The number of rotatable bonds is 0. The summed E-state index contributed by atoms with van der Waals surface area (Å²) in [6.45, 7) is 2.88. The number of amides is 1. The number of ether oxygens (including phenoxy) is 1. The largest absolute Gasteiger partial charge is 0.399 e. The Bertz CT molecular complexity index is 895. The standard InChI is InChI=1S/C21H23N3O2/c22-12-1-2-15-14(7-12)21-4-5-23-10-11-3-6-26-16-9-18(25)24(15)20(21)19(16)13(11)8-17(21)23/h1-3,7,13,16-17,19-20H,4-6,8-10,22H2/t13-,16-,17-,19-,20-,21-/m1/s1. The second kappa shape index (κ2) is 4.34. The monoisotopic (exact) mass is 349 g/mol. The Morgan fingerprint density at radius 2 is 2.23 bits per heavy atom. The van der Waals surface area contributed by atoms with Gasteiger partial charge in [-0.05, 0) is 49.1 Å². The first-order valence-corrected chi connectivity index (χ1v) is 9.95. The van der Waals surface area contributed by atoms with Crippen LogP contribution in [0.15, 0.2) is 29.8 Å². The van der Waals surface area contributed by atoms with Gasteiger partial charge in [0.2, 0.25) is 5.91 Å². The lowest BCUT2D eigenvalue weighted by Crippen LogP contribution is -2.69. The number of benzene rings is 1. The summed E-state index contributed by atoms with van der Waals surface area (Å²) in [5, 5.41) is 0. The molecule has 1 spiro atoms. The van der Waals surface area contributed by atoms with Crippen molar-refractivity contribution in [3.63, 3.8) is 0 Å². The van der Waals surface area contributed by atoms with E-state index in [0.29, 0.717) is 30.9 Å². The van der Waals surface area contributed by atoms with E-state index in [9.17, 15) is 4.79 Å². The average molecular weight is 349 g/mol. The molecular formula is C21H23N3O2. The normalized spacial score (nSPS) is 44.6. The summed E-state index contributed by atoms with van der Waals surface area (Å²) >= 11 is 0. The first kappa shape index (κ1) is 14.2. The summed E-state index contributed by atoms with van der Waals surface area (Å²) in [7, 11) is 0. The van der Waals surface area contributed by atoms with Crippen LogP contribution in [0.3, 0.4) is 0 Å². The molecule has 1 aromatic rings. The van der Waals surface area contributed by atoms with Crippen LogP contribution < -0.4 is 10.6 Å². The fraction of sp³-hybridized carbons (Fsp3) is 0.571. The minimum absolute atomic E-state index is 0.0411. The number of nitrogen functional groups attached to an aromatic ring is 1. The number of nitrogens with two attached hydrogens (primary N) is 1. The smallest absolute Gasteiger partial charge is 0.229 e. The van der Waals surface area contributed by atoms with E-state index in [1.807, 2.05) is 6.07 Å². The molecule has 0 aromatic heterocycles.